The molecule has 0 unspecified atom stereocenters. The van der Waals surface area contributed by atoms with Crippen molar-refractivity contribution in [3.05, 3.63) is 89.0 Å². The van der Waals surface area contributed by atoms with E-state index >= 15 is 0 Å². The second-order valence-electron chi connectivity index (χ2n) is 8.33. The van der Waals surface area contributed by atoms with Crippen LogP contribution in [0.2, 0.25) is 0 Å². The van der Waals surface area contributed by atoms with Crippen LogP contribution in [-0.4, -0.2) is 32.8 Å². The van der Waals surface area contributed by atoms with E-state index in [0.29, 0.717) is 28.5 Å². The van der Waals surface area contributed by atoms with Gasteiger partial charge in [-0.2, -0.15) is 4.31 Å². The zero-order chi connectivity index (χ0) is 24.2. The minimum absolute atomic E-state index is 0.0591. The van der Waals surface area contributed by atoms with E-state index in [2.05, 4.69) is 19.2 Å². The quantitative estimate of drug-likeness (QED) is 0.495. The van der Waals surface area contributed by atoms with Crippen LogP contribution in [0.4, 0.5) is 5.69 Å². The minimum atomic E-state index is -3.69. The monoisotopic (exact) mass is 466 g/mol. The Morgan fingerprint density at radius 3 is 2.21 bits per heavy atom. The number of nitrogens with one attached hydrogen (secondary N) is 1. The molecule has 3 aromatic rings. The number of amides is 1. The third-order valence-corrected chi connectivity index (χ3v) is 7.32. The number of hydrogen-bond acceptors (Lipinski definition) is 4. The van der Waals surface area contributed by atoms with Crippen molar-refractivity contribution >= 4 is 21.6 Å². The van der Waals surface area contributed by atoms with Crippen LogP contribution in [0.25, 0.3) is 0 Å². The maximum absolute atomic E-state index is 13.0. The molecular weight excluding hydrogens is 436 g/mol. The summed E-state index contributed by atoms with van der Waals surface area (Å²) in [7, 11) is -0.666. The number of aryl methyl sites for hydroxylation is 1. The van der Waals surface area contributed by atoms with Gasteiger partial charge in [0.25, 0.3) is 5.91 Å². The highest BCUT2D eigenvalue weighted by Gasteiger charge is 2.22. The molecular formula is C26H30N2O4S. The van der Waals surface area contributed by atoms with Gasteiger partial charge < -0.3 is 10.1 Å². The van der Waals surface area contributed by atoms with Crippen molar-refractivity contribution < 1.29 is 17.9 Å². The highest BCUT2D eigenvalue weighted by molar-refractivity contribution is 7.89. The van der Waals surface area contributed by atoms with E-state index in [-0.39, 0.29) is 17.3 Å². The Bertz CT molecular complexity index is 1220. The van der Waals surface area contributed by atoms with E-state index in [1.165, 1.54) is 24.0 Å². The number of hydrogen-bond donors (Lipinski definition) is 1. The molecule has 0 atom stereocenters. The first kappa shape index (κ1) is 24.5. The lowest BCUT2D eigenvalue weighted by Crippen LogP contribution is -2.27. The van der Waals surface area contributed by atoms with Gasteiger partial charge in [0, 0.05) is 30.4 Å². The van der Waals surface area contributed by atoms with Crippen LogP contribution in [0.1, 0.15) is 46.8 Å². The van der Waals surface area contributed by atoms with E-state index in [0.717, 1.165) is 5.56 Å². The number of carbonyl (C=O) groups excluding carboxylic acids is 1. The molecule has 0 aliphatic heterocycles. The van der Waals surface area contributed by atoms with Crippen LogP contribution in [-0.2, 0) is 16.6 Å². The fourth-order valence-electron chi connectivity index (χ4n) is 3.41. The fourth-order valence-corrected chi connectivity index (χ4v) is 4.56. The van der Waals surface area contributed by atoms with Gasteiger partial charge in [0.15, 0.2) is 0 Å². The first-order valence-corrected chi connectivity index (χ1v) is 12.2. The third kappa shape index (κ3) is 5.80. The lowest BCUT2D eigenvalue weighted by Gasteiger charge is -2.19. The van der Waals surface area contributed by atoms with Gasteiger partial charge in [0.1, 0.15) is 5.75 Å². The summed E-state index contributed by atoms with van der Waals surface area (Å²) < 4.78 is 32.6. The van der Waals surface area contributed by atoms with E-state index in [1.54, 1.807) is 42.5 Å². The maximum atomic E-state index is 13.0. The Hall–Kier alpha value is -3.16. The van der Waals surface area contributed by atoms with Crippen LogP contribution in [0, 0.1) is 6.92 Å². The normalized spacial score (nSPS) is 11.6. The zero-order valence-electron chi connectivity index (χ0n) is 19.6. The minimum Gasteiger partial charge on any atom is -0.496 e. The van der Waals surface area contributed by atoms with Gasteiger partial charge in [-0.15, -0.1) is 0 Å². The molecule has 0 radical (unpaired) electrons. The number of sulfonamides is 1. The van der Waals surface area contributed by atoms with Gasteiger partial charge in [-0.3, -0.25) is 4.79 Å². The molecule has 1 N–H and O–H groups in total. The molecule has 0 bridgehead atoms. The summed E-state index contributed by atoms with van der Waals surface area (Å²) in [6.45, 7) is 6.19. The van der Waals surface area contributed by atoms with Gasteiger partial charge in [-0.05, 0) is 60.9 Å². The Morgan fingerprint density at radius 2 is 1.64 bits per heavy atom. The molecule has 0 saturated carbocycles. The van der Waals surface area contributed by atoms with Crippen molar-refractivity contribution in [1.82, 2.24) is 4.31 Å². The number of benzene rings is 3. The highest BCUT2D eigenvalue weighted by atomic mass is 32.2. The molecule has 174 valence electrons. The van der Waals surface area contributed by atoms with E-state index in [9.17, 15) is 13.2 Å². The van der Waals surface area contributed by atoms with E-state index < -0.39 is 10.0 Å². The summed E-state index contributed by atoms with van der Waals surface area (Å²) in [6.07, 6.45) is 0. The van der Waals surface area contributed by atoms with Crippen LogP contribution in [0.5, 0.6) is 5.75 Å². The summed E-state index contributed by atoms with van der Waals surface area (Å²) in [5, 5.41) is 2.89. The van der Waals surface area contributed by atoms with Crippen LogP contribution in [0.3, 0.4) is 0 Å². The molecule has 0 heterocycles. The lowest BCUT2D eigenvalue weighted by atomic mass is 10.0. The zero-order valence-corrected chi connectivity index (χ0v) is 20.4. The molecule has 3 rings (SSSR count). The maximum Gasteiger partial charge on any atom is 0.255 e. The van der Waals surface area contributed by atoms with Crippen molar-refractivity contribution in [3.63, 3.8) is 0 Å². The van der Waals surface area contributed by atoms with E-state index in [1.807, 2.05) is 31.2 Å². The summed E-state index contributed by atoms with van der Waals surface area (Å²) in [5.74, 6) is 0.645. The molecule has 0 aliphatic carbocycles. The molecule has 0 spiro atoms. The molecule has 0 aliphatic rings. The van der Waals surface area contributed by atoms with Crippen LogP contribution >= 0.6 is 0 Å². The predicted octanol–water partition coefficient (Wildman–Crippen LogP) is 5.20. The van der Waals surface area contributed by atoms with Crippen molar-refractivity contribution in [2.75, 3.05) is 19.5 Å². The number of carbonyl (C=O) groups is 1. The second-order valence-corrected chi connectivity index (χ2v) is 10.4. The summed E-state index contributed by atoms with van der Waals surface area (Å²) in [6, 6.07) is 19.4. The van der Waals surface area contributed by atoms with Gasteiger partial charge in [0.2, 0.25) is 10.0 Å². The molecule has 1 amide bonds. The Labute approximate surface area is 196 Å². The number of methoxy groups -OCH3 is 1. The predicted molar refractivity (Wildman–Crippen MR) is 131 cm³/mol. The first-order valence-electron chi connectivity index (χ1n) is 10.7. The summed E-state index contributed by atoms with van der Waals surface area (Å²) in [4.78, 5) is 13.1. The Morgan fingerprint density at radius 1 is 1.00 bits per heavy atom. The number of rotatable bonds is 8. The Balaban J connectivity index is 1.81. The van der Waals surface area contributed by atoms with Crippen LogP contribution < -0.4 is 10.1 Å². The third-order valence-electron chi connectivity index (χ3n) is 5.50. The smallest absolute Gasteiger partial charge is 0.255 e. The van der Waals surface area contributed by atoms with Crippen molar-refractivity contribution in [2.45, 2.75) is 38.1 Å². The van der Waals surface area contributed by atoms with Gasteiger partial charge in [0.05, 0.1) is 12.0 Å². The molecule has 0 aromatic heterocycles. The average Bonchev–Trinajstić information content (AvgIpc) is 2.79. The largest absolute Gasteiger partial charge is 0.496 e. The summed E-state index contributed by atoms with van der Waals surface area (Å²) in [5.41, 5.74) is 3.88. The highest BCUT2D eigenvalue weighted by Crippen LogP contribution is 2.25. The average molecular weight is 467 g/mol. The molecule has 3 aromatic carbocycles. The molecule has 33 heavy (non-hydrogen) atoms. The van der Waals surface area contributed by atoms with Crippen LogP contribution in [0.15, 0.2) is 71.6 Å². The first-order chi connectivity index (χ1) is 15.6. The summed E-state index contributed by atoms with van der Waals surface area (Å²) >= 11 is 0. The van der Waals surface area contributed by atoms with Crippen molar-refractivity contribution in [3.8, 4) is 5.75 Å². The van der Waals surface area contributed by atoms with Crippen molar-refractivity contribution in [1.29, 1.82) is 0 Å². The number of ether oxygens (including phenoxy) is 1. The SMILES string of the molecule is COc1ccc(C(=O)Nc2ccc(C(C)C)cc2)cc1CN(C)S(=O)(=O)c1ccc(C)cc1. The van der Waals surface area contributed by atoms with Gasteiger partial charge in [-0.25, -0.2) is 8.42 Å². The van der Waals surface area contributed by atoms with E-state index in [4.69, 9.17) is 4.74 Å². The fraction of sp³-hybridized carbons (Fsp3) is 0.269. The standard InChI is InChI=1S/C26H30N2O4S/c1-18(2)20-8-11-23(12-9-20)27-26(29)21-10-15-25(32-5)22(16-21)17-28(4)33(30,31)24-13-6-19(3)7-14-24/h6-16,18H,17H2,1-5H3,(H,27,29). The molecule has 6 nitrogen and oxygen atoms in total. The number of anilines is 1. The lowest BCUT2D eigenvalue weighted by molar-refractivity contribution is 0.102. The van der Waals surface area contributed by atoms with Gasteiger partial charge in [-0.1, -0.05) is 43.7 Å². The molecule has 7 heteroatoms. The second kappa shape index (κ2) is 10.2. The Kier molecular flexibility index (Phi) is 7.56. The van der Waals surface area contributed by atoms with Crippen molar-refractivity contribution in [2.24, 2.45) is 0 Å². The molecule has 0 saturated heterocycles. The topological polar surface area (TPSA) is 75.7 Å². The number of nitrogens with zero attached hydrogens (tertiary/aromatic N) is 1. The van der Waals surface area contributed by atoms with Gasteiger partial charge >= 0.3 is 0 Å². The molecule has 0 fully saturated rings.